The summed E-state index contributed by atoms with van der Waals surface area (Å²) in [5, 5.41) is 11.0. The highest BCUT2D eigenvalue weighted by Crippen LogP contribution is 2.36. The zero-order valence-electron chi connectivity index (χ0n) is 16.4. The Labute approximate surface area is 188 Å². The smallest absolute Gasteiger partial charge is 0.337 e. The fourth-order valence-corrected chi connectivity index (χ4v) is 4.58. The molecule has 9 heteroatoms. The van der Waals surface area contributed by atoms with E-state index >= 15 is 0 Å². The van der Waals surface area contributed by atoms with Crippen LogP contribution in [0, 0.1) is 0 Å². The van der Waals surface area contributed by atoms with Gasteiger partial charge in [-0.1, -0.05) is 23.2 Å². The van der Waals surface area contributed by atoms with Gasteiger partial charge in [0.15, 0.2) is 0 Å². The second kappa shape index (κ2) is 7.90. The standard InChI is InChI=1S/C22H19Cl2N5O2/c23-17-4-3-16-18(28-9-6-25-13-28)10-19(26-21(16)20(17)24)29-7-1-2-15(29)12-27-8-5-14(11-27)22(30)31/h3-6,8-11,13,15H,1-2,7,12H2,(H,30,31)/t15-/m0/s1. The fraction of sp³-hybridized carbons (Fsp3) is 0.227. The van der Waals surface area contributed by atoms with Gasteiger partial charge in [-0.2, -0.15) is 0 Å². The zero-order chi connectivity index (χ0) is 21.5. The number of hydrogen-bond acceptors (Lipinski definition) is 4. The van der Waals surface area contributed by atoms with Crippen molar-refractivity contribution in [2.45, 2.75) is 25.4 Å². The number of nitrogens with zero attached hydrogens (tertiary/aromatic N) is 5. The Hall–Kier alpha value is -3.03. The first-order valence-corrected chi connectivity index (χ1v) is 10.7. The molecule has 1 saturated heterocycles. The van der Waals surface area contributed by atoms with Crippen LogP contribution in [0.15, 0.2) is 55.4 Å². The summed E-state index contributed by atoms with van der Waals surface area (Å²) in [6.07, 6.45) is 10.9. The number of hydrogen-bond donors (Lipinski definition) is 1. The van der Waals surface area contributed by atoms with Gasteiger partial charge in [0.25, 0.3) is 0 Å². The van der Waals surface area contributed by atoms with Crippen LogP contribution in [0.1, 0.15) is 23.2 Å². The van der Waals surface area contributed by atoms with Crippen molar-refractivity contribution >= 4 is 45.9 Å². The van der Waals surface area contributed by atoms with Crippen molar-refractivity contribution in [2.75, 3.05) is 11.4 Å². The van der Waals surface area contributed by atoms with Gasteiger partial charge in [0.1, 0.15) is 5.82 Å². The number of rotatable bonds is 5. The van der Waals surface area contributed by atoms with Crippen LogP contribution in [0.25, 0.3) is 16.6 Å². The molecule has 1 N–H and O–H groups in total. The number of carbonyl (C=O) groups is 1. The van der Waals surface area contributed by atoms with Gasteiger partial charge in [-0.15, -0.1) is 0 Å². The number of aromatic carboxylic acids is 1. The number of imidazole rings is 1. The zero-order valence-corrected chi connectivity index (χ0v) is 18.0. The van der Waals surface area contributed by atoms with E-state index in [4.69, 9.17) is 28.2 Å². The molecule has 1 aliphatic heterocycles. The number of pyridine rings is 1. The topological polar surface area (TPSA) is 76.2 Å². The summed E-state index contributed by atoms with van der Waals surface area (Å²) in [6, 6.07) is 7.55. The van der Waals surface area contributed by atoms with Crippen LogP contribution in [-0.2, 0) is 6.54 Å². The molecule has 31 heavy (non-hydrogen) atoms. The van der Waals surface area contributed by atoms with Crippen molar-refractivity contribution in [1.82, 2.24) is 19.1 Å². The third-order valence-electron chi connectivity index (χ3n) is 5.71. The van der Waals surface area contributed by atoms with Crippen LogP contribution in [-0.4, -0.2) is 42.8 Å². The van der Waals surface area contributed by atoms with Gasteiger partial charge in [-0.3, -0.25) is 0 Å². The molecule has 0 unspecified atom stereocenters. The summed E-state index contributed by atoms with van der Waals surface area (Å²) in [7, 11) is 0. The van der Waals surface area contributed by atoms with Crippen molar-refractivity contribution in [2.24, 2.45) is 0 Å². The highest BCUT2D eigenvalue weighted by molar-refractivity contribution is 6.45. The van der Waals surface area contributed by atoms with Crippen molar-refractivity contribution < 1.29 is 9.90 Å². The molecule has 1 aromatic carbocycles. The Morgan fingerprint density at radius 1 is 1.23 bits per heavy atom. The predicted octanol–water partition coefficient (Wildman–Crippen LogP) is 4.90. The predicted molar refractivity (Wildman–Crippen MR) is 121 cm³/mol. The van der Waals surface area contributed by atoms with Crippen LogP contribution in [0.4, 0.5) is 5.82 Å². The second-order valence-corrected chi connectivity index (χ2v) is 8.40. The van der Waals surface area contributed by atoms with Gasteiger partial charge >= 0.3 is 5.97 Å². The lowest BCUT2D eigenvalue weighted by Crippen LogP contribution is -2.33. The van der Waals surface area contributed by atoms with Gasteiger partial charge in [-0.25, -0.2) is 14.8 Å². The highest BCUT2D eigenvalue weighted by Gasteiger charge is 2.27. The molecule has 1 fully saturated rings. The SMILES string of the molecule is O=C(O)c1ccn(C[C@@H]2CCCN2c2cc(-n3ccnc3)c3ccc(Cl)c(Cl)c3n2)c1. The molecule has 3 aromatic heterocycles. The summed E-state index contributed by atoms with van der Waals surface area (Å²) in [6.45, 7) is 1.54. The van der Waals surface area contributed by atoms with Crippen LogP contribution >= 0.6 is 23.2 Å². The number of halogens is 2. The normalized spacial score (nSPS) is 16.3. The van der Waals surface area contributed by atoms with E-state index in [-0.39, 0.29) is 11.6 Å². The summed E-state index contributed by atoms with van der Waals surface area (Å²) < 4.78 is 3.86. The van der Waals surface area contributed by atoms with Crippen LogP contribution in [0.3, 0.4) is 0 Å². The monoisotopic (exact) mass is 455 g/mol. The fourth-order valence-electron chi connectivity index (χ4n) is 4.22. The quantitative estimate of drug-likeness (QED) is 0.463. The van der Waals surface area contributed by atoms with E-state index in [0.717, 1.165) is 36.3 Å². The lowest BCUT2D eigenvalue weighted by atomic mass is 10.1. The molecule has 7 nitrogen and oxygen atoms in total. The van der Waals surface area contributed by atoms with Gasteiger partial charge in [0.2, 0.25) is 0 Å². The molecule has 0 bridgehead atoms. The lowest BCUT2D eigenvalue weighted by molar-refractivity contribution is 0.0697. The number of aromatic nitrogens is 4. The van der Waals surface area contributed by atoms with Crippen LogP contribution in [0.2, 0.25) is 10.0 Å². The molecular weight excluding hydrogens is 437 g/mol. The third-order valence-corrected chi connectivity index (χ3v) is 6.50. The molecule has 1 aliphatic rings. The maximum atomic E-state index is 11.2. The van der Waals surface area contributed by atoms with E-state index < -0.39 is 5.97 Å². The minimum absolute atomic E-state index is 0.188. The van der Waals surface area contributed by atoms with Crippen molar-refractivity contribution in [3.05, 3.63) is 71.0 Å². The second-order valence-electron chi connectivity index (χ2n) is 7.62. The van der Waals surface area contributed by atoms with Crippen molar-refractivity contribution in [3.63, 3.8) is 0 Å². The van der Waals surface area contributed by atoms with E-state index in [9.17, 15) is 9.90 Å². The lowest BCUT2D eigenvalue weighted by Gasteiger charge is -2.27. The third kappa shape index (κ3) is 3.64. The molecule has 0 radical (unpaired) electrons. The molecule has 158 valence electrons. The maximum Gasteiger partial charge on any atom is 0.337 e. The van der Waals surface area contributed by atoms with Crippen molar-refractivity contribution in [3.8, 4) is 5.69 Å². The highest BCUT2D eigenvalue weighted by atomic mass is 35.5. The van der Waals surface area contributed by atoms with E-state index in [0.29, 0.717) is 22.1 Å². The summed E-state index contributed by atoms with van der Waals surface area (Å²) >= 11 is 12.8. The molecule has 5 rings (SSSR count). The van der Waals surface area contributed by atoms with E-state index in [2.05, 4.69) is 9.88 Å². The number of anilines is 1. The molecule has 0 amide bonds. The van der Waals surface area contributed by atoms with Crippen molar-refractivity contribution in [1.29, 1.82) is 0 Å². The van der Waals surface area contributed by atoms with Gasteiger partial charge in [0, 0.05) is 55.4 Å². The first-order valence-electron chi connectivity index (χ1n) is 9.94. The maximum absolute atomic E-state index is 11.2. The average Bonchev–Trinajstić information content (AvgIpc) is 3.52. The molecule has 4 heterocycles. The van der Waals surface area contributed by atoms with Crippen LogP contribution < -0.4 is 4.90 Å². The van der Waals surface area contributed by atoms with E-state index in [1.165, 1.54) is 0 Å². The first kappa shape index (κ1) is 19.9. The number of carboxylic acids is 1. The Bertz CT molecular complexity index is 1270. The number of carboxylic acid groups (broad SMARTS) is 1. The van der Waals surface area contributed by atoms with Crippen LogP contribution in [0.5, 0.6) is 0 Å². The molecule has 0 spiro atoms. The average molecular weight is 456 g/mol. The summed E-state index contributed by atoms with van der Waals surface area (Å²) in [5.41, 5.74) is 1.86. The first-order chi connectivity index (χ1) is 15.0. The molecule has 0 saturated carbocycles. The number of benzene rings is 1. The molecule has 4 aromatic rings. The summed E-state index contributed by atoms with van der Waals surface area (Å²) in [4.78, 5) is 22.5. The Morgan fingerprint density at radius 2 is 2.10 bits per heavy atom. The van der Waals surface area contributed by atoms with Gasteiger partial charge in [0.05, 0.1) is 33.1 Å². The molecule has 0 aliphatic carbocycles. The summed E-state index contributed by atoms with van der Waals surface area (Å²) in [5.74, 6) is -0.108. The number of fused-ring (bicyclic) bond motifs is 1. The van der Waals surface area contributed by atoms with E-state index in [1.54, 1.807) is 37.1 Å². The Morgan fingerprint density at radius 3 is 2.84 bits per heavy atom. The Kier molecular flexibility index (Phi) is 5.08. The molecule has 1 atom stereocenters. The van der Waals surface area contributed by atoms with E-state index in [1.807, 2.05) is 27.5 Å². The largest absolute Gasteiger partial charge is 0.478 e. The minimum atomic E-state index is -0.922. The molecular formula is C22H19Cl2N5O2. The van der Waals surface area contributed by atoms with Gasteiger partial charge < -0.3 is 19.1 Å². The van der Waals surface area contributed by atoms with Gasteiger partial charge in [-0.05, 0) is 31.0 Å². The Balaban J connectivity index is 1.56. The minimum Gasteiger partial charge on any atom is -0.478 e.